The van der Waals surface area contributed by atoms with E-state index in [-0.39, 0.29) is 5.69 Å². The summed E-state index contributed by atoms with van der Waals surface area (Å²) in [6.07, 6.45) is 3.20. The second-order valence-corrected chi connectivity index (χ2v) is 2.63. The lowest BCUT2D eigenvalue weighted by Gasteiger charge is -1.94. The zero-order valence-corrected chi connectivity index (χ0v) is 8.74. The van der Waals surface area contributed by atoms with Crippen molar-refractivity contribution >= 4 is 7.25 Å². The molecule has 0 aromatic carbocycles. The fourth-order valence-electron chi connectivity index (χ4n) is 0.923. The average Bonchev–Trinajstić information content (AvgIpc) is 2.25. The number of nitriles is 2. The van der Waals surface area contributed by atoms with Crippen LogP contribution in [0.1, 0.15) is 18.3 Å². The number of halogens is 4. The average molecular weight is 246 g/mol. The minimum Gasteiger partial charge on any atom is -0.418 e. The van der Waals surface area contributed by atoms with Crippen LogP contribution in [0.2, 0.25) is 0 Å². The Kier molecular flexibility index (Phi) is 5.62. The topological polar surface area (TPSA) is 64.3 Å². The number of hydrogen-bond donors (Lipinski definition) is 0. The summed E-state index contributed by atoms with van der Waals surface area (Å²) in [6, 6.07) is 3.81. The Hall–Kier alpha value is -2.16. The molecule has 0 unspecified atom stereocenters. The van der Waals surface area contributed by atoms with Crippen molar-refractivity contribution < 1.29 is 21.8 Å². The predicted octanol–water partition coefficient (Wildman–Crippen LogP) is 1.43. The number of aromatic nitrogens is 2. The molecule has 0 spiro atoms. The lowest BCUT2D eigenvalue weighted by atomic mass is 10.3. The highest BCUT2D eigenvalue weighted by Gasteiger charge is 2.20. The molecule has 0 aliphatic heterocycles. The molecule has 0 amide bonds. The van der Waals surface area contributed by atoms with E-state index in [2.05, 4.69) is 4.98 Å². The second-order valence-electron chi connectivity index (χ2n) is 2.63. The quantitative estimate of drug-likeness (QED) is 0.427. The van der Waals surface area contributed by atoms with Crippen LogP contribution in [-0.4, -0.2) is 12.2 Å². The van der Waals surface area contributed by atoms with Gasteiger partial charge in [0.25, 0.3) is 0 Å². The molecule has 1 heterocycles. The van der Waals surface area contributed by atoms with Crippen LogP contribution in [0.15, 0.2) is 12.4 Å². The van der Waals surface area contributed by atoms with E-state index in [1.54, 1.807) is 10.8 Å². The van der Waals surface area contributed by atoms with Crippen molar-refractivity contribution in [3.05, 3.63) is 23.8 Å². The van der Waals surface area contributed by atoms with Gasteiger partial charge in [-0.2, -0.15) is 15.1 Å². The maximum absolute atomic E-state index is 9.75. The molecule has 0 saturated heterocycles. The van der Waals surface area contributed by atoms with Gasteiger partial charge in [0.15, 0.2) is 12.3 Å². The lowest BCUT2D eigenvalue weighted by Crippen LogP contribution is -2.37. The molecule has 0 fully saturated rings. The van der Waals surface area contributed by atoms with Crippen molar-refractivity contribution in [3.63, 3.8) is 0 Å². The molecule has 1 aromatic heterocycles. The lowest BCUT2D eigenvalue weighted by molar-refractivity contribution is -0.696. The fraction of sp³-hybridized carbons (Fsp3) is 0.250. The van der Waals surface area contributed by atoms with Gasteiger partial charge in [0.2, 0.25) is 5.69 Å². The maximum Gasteiger partial charge on any atom is 0.673 e. The molecule has 0 N–H and O–H groups in total. The van der Waals surface area contributed by atoms with Crippen molar-refractivity contribution in [2.75, 3.05) is 0 Å². The van der Waals surface area contributed by atoms with Crippen LogP contribution in [0.25, 0.3) is 0 Å². The first-order valence-electron chi connectivity index (χ1n) is 4.39. The van der Waals surface area contributed by atoms with Gasteiger partial charge in [-0.05, 0) is 6.92 Å². The Balaban J connectivity index is 0.000000437. The summed E-state index contributed by atoms with van der Waals surface area (Å²) in [5, 5.41) is 17.3. The first kappa shape index (κ1) is 14.8. The van der Waals surface area contributed by atoms with E-state index in [1.165, 1.54) is 6.20 Å². The SMILES string of the molecule is CC[n+]1ccnc(C#N)c1C#N.F[B-](F)(F)F. The third-order valence-corrected chi connectivity index (χ3v) is 1.51. The summed E-state index contributed by atoms with van der Waals surface area (Å²) in [5.41, 5.74) is 0.504. The molecule has 0 aliphatic carbocycles. The van der Waals surface area contributed by atoms with Gasteiger partial charge in [0.05, 0.1) is 6.20 Å². The molecular formula is C8H7BF4N4. The molecule has 1 aromatic rings. The highest BCUT2D eigenvalue weighted by molar-refractivity contribution is 6.50. The summed E-state index contributed by atoms with van der Waals surface area (Å²) in [4.78, 5) is 3.77. The third kappa shape index (κ3) is 6.10. The molecule has 0 radical (unpaired) electrons. The van der Waals surface area contributed by atoms with Gasteiger partial charge in [-0.3, -0.25) is 0 Å². The number of hydrogen-bond acceptors (Lipinski definition) is 3. The molecule has 0 saturated carbocycles. The molecule has 0 atom stereocenters. The normalized spacial score (nSPS) is 9.59. The Morgan fingerprint density at radius 2 is 1.82 bits per heavy atom. The van der Waals surface area contributed by atoms with Crippen LogP contribution in [0.4, 0.5) is 17.3 Å². The predicted molar refractivity (Wildman–Crippen MR) is 49.7 cm³/mol. The molecular weight excluding hydrogens is 239 g/mol. The van der Waals surface area contributed by atoms with E-state index >= 15 is 0 Å². The first-order valence-corrected chi connectivity index (χ1v) is 4.39. The number of rotatable bonds is 1. The summed E-state index contributed by atoms with van der Waals surface area (Å²) in [6.45, 7) is 2.57. The maximum atomic E-state index is 9.75. The van der Waals surface area contributed by atoms with Gasteiger partial charge in [-0.1, -0.05) is 0 Å². The smallest absolute Gasteiger partial charge is 0.418 e. The van der Waals surface area contributed by atoms with Crippen LogP contribution in [0.5, 0.6) is 0 Å². The van der Waals surface area contributed by atoms with Gasteiger partial charge >= 0.3 is 12.9 Å². The van der Waals surface area contributed by atoms with Gasteiger partial charge in [-0.15, -0.1) is 0 Å². The van der Waals surface area contributed by atoms with E-state index in [0.29, 0.717) is 12.2 Å². The third-order valence-electron chi connectivity index (χ3n) is 1.51. The highest BCUT2D eigenvalue weighted by atomic mass is 19.5. The van der Waals surface area contributed by atoms with E-state index in [1.807, 2.05) is 19.1 Å². The van der Waals surface area contributed by atoms with Gasteiger partial charge in [0, 0.05) is 0 Å². The van der Waals surface area contributed by atoms with Crippen molar-refractivity contribution in [1.82, 2.24) is 4.98 Å². The van der Waals surface area contributed by atoms with E-state index in [0.717, 1.165) is 0 Å². The molecule has 9 heteroatoms. The Labute approximate surface area is 94.8 Å². The van der Waals surface area contributed by atoms with E-state index < -0.39 is 7.25 Å². The van der Waals surface area contributed by atoms with Crippen LogP contribution in [0.3, 0.4) is 0 Å². The highest BCUT2D eigenvalue weighted by Crippen LogP contribution is 2.06. The zero-order valence-electron chi connectivity index (χ0n) is 8.74. The van der Waals surface area contributed by atoms with Crippen LogP contribution in [-0.2, 0) is 6.54 Å². The summed E-state index contributed by atoms with van der Waals surface area (Å²) < 4.78 is 40.7. The van der Waals surface area contributed by atoms with E-state index in [9.17, 15) is 17.3 Å². The standard InChI is InChI=1S/C8H7N4.BF4/c1-2-12-4-3-11-7(5-9)8(12)6-10;2-1(3,4)5/h3-4H,2H2,1H3;/q+1;-1. The van der Waals surface area contributed by atoms with Crippen molar-refractivity contribution in [1.29, 1.82) is 10.5 Å². The van der Waals surface area contributed by atoms with E-state index in [4.69, 9.17) is 10.5 Å². The summed E-state index contributed by atoms with van der Waals surface area (Å²) in [7, 11) is -6.00. The number of nitrogens with zero attached hydrogens (tertiary/aromatic N) is 4. The van der Waals surface area contributed by atoms with Gasteiger partial charge < -0.3 is 17.3 Å². The molecule has 0 bridgehead atoms. The van der Waals surface area contributed by atoms with Gasteiger partial charge in [-0.25, -0.2) is 4.98 Å². The molecule has 0 aliphatic rings. The monoisotopic (exact) mass is 246 g/mol. The summed E-state index contributed by atoms with van der Waals surface area (Å²) in [5.74, 6) is 0. The van der Waals surface area contributed by atoms with Crippen molar-refractivity contribution in [2.24, 2.45) is 0 Å². The Morgan fingerprint density at radius 3 is 2.18 bits per heavy atom. The molecule has 90 valence electrons. The summed E-state index contributed by atoms with van der Waals surface area (Å²) >= 11 is 0. The van der Waals surface area contributed by atoms with Crippen molar-refractivity contribution in [2.45, 2.75) is 13.5 Å². The zero-order chi connectivity index (χ0) is 13.5. The van der Waals surface area contributed by atoms with Gasteiger partial charge in [0.1, 0.15) is 12.6 Å². The largest absolute Gasteiger partial charge is 0.673 e. The molecule has 17 heavy (non-hydrogen) atoms. The first-order chi connectivity index (χ1) is 7.83. The minimum atomic E-state index is -6.00. The Morgan fingerprint density at radius 1 is 1.29 bits per heavy atom. The fourth-order valence-corrected chi connectivity index (χ4v) is 0.923. The minimum absolute atomic E-state index is 0.182. The number of aryl methyl sites for hydroxylation is 1. The molecule has 4 nitrogen and oxygen atoms in total. The Bertz CT molecular complexity index is 454. The molecule has 1 rings (SSSR count). The second kappa shape index (κ2) is 6.43. The van der Waals surface area contributed by atoms with Crippen LogP contribution < -0.4 is 4.57 Å². The van der Waals surface area contributed by atoms with Crippen LogP contribution in [0, 0.1) is 22.7 Å². The van der Waals surface area contributed by atoms with Crippen LogP contribution >= 0.6 is 0 Å². The van der Waals surface area contributed by atoms with Crippen molar-refractivity contribution in [3.8, 4) is 12.1 Å².